The molecule has 0 amide bonds. The van der Waals surface area contributed by atoms with E-state index >= 15 is 0 Å². The van der Waals surface area contributed by atoms with E-state index in [0.29, 0.717) is 12.7 Å². The molecule has 0 bridgehead atoms. The first-order chi connectivity index (χ1) is 7.72. The largest absolute Gasteiger partial charge is 0.450 e. The van der Waals surface area contributed by atoms with Gasteiger partial charge in [0.2, 0.25) is 0 Å². The van der Waals surface area contributed by atoms with Crippen LogP contribution in [0.2, 0.25) is 0 Å². The molecule has 16 heavy (non-hydrogen) atoms. The molecule has 0 radical (unpaired) electrons. The Morgan fingerprint density at radius 1 is 1.50 bits per heavy atom. The van der Waals surface area contributed by atoms with E-state index in [0.717, 1.165) is 31.1 Å². The molecule has 0 aliphatic carbocycles. The summed E-state index contributed by atoms with van der Waals surface area (Å²) in [5.74, 6) is 0.720. The van der Waals surface area contributed by atoms with Gasteiger partial charge in [0.15, 0.2) is 0 Å². The molecule has 4 nitrogen and oxygen atoms in total. The minimum absolute atomic E-state index is 0.386. The molecular formula is C12H22N2O2. The first-order valence-electron chi connectivity index (χ1n) is 6.00. The second-order valence-electron chi connectivity index (χ2n) is 4.27. The highest BCUT2D eigenvalue weighted by Crippen LogP contribution is 2.11. The van der Waals surface area contributed by atoms with Crippen molar-refractivity contribution in [3.63, 3.8) is 0 Å². The molecule has 1 heterocycles. The summed E-state index contributed by atoms with van der Waals surface area (Å²) in [6.45, 7) is 8.81. The monoisotopic (exact) mass is 226 g/mol. The molecule has 1 aromatic rings. The van der Waals surface area contributed by atoms with Crippen LogP contribution in [0, 0.1) is 5.92 Å². The zero-order chi connectivity index (χ0) is 11.8. The Balaban J connectivity index is 2.19. The zero-order valence-electron chi connectivity index (χ0n) is 10.5. The van der Waals surface area contributed by atoms with Gasteiger partial charge in [-0.25, -0.2) is 0 Å². The molecule has 0 spiro atoms. The number of hydrogen-bond donors (Lipinski definition) is 1. The second-order valence-corrected chi connectivity index (χ2v) is 4.27. The molecule has 4 heteroatoms. The van der Waals surface area contributed by atoms with Gasteiger partial charge < -0.3 is 14.5 Å². The Bertz CT molecular complexity index is 284. The van der Waals surface area contributed by atoms with E-state index in [9.17, 15) is 0 Å². The minimum atomic E-state index is 0.386. The third-order valence-corrected chi connectivity index (χ3v) is 2.24. The number of aromatic nitrogens is 1. The van der Waals surface area contributed by atoms with Gasteiger partial charge in [0.05, 0.1) is 12.3 Å². The maximum atomic E-state index is 5.41. The molecule has 1 rings (SSSR count). The summed E-state index contributed by atoms with van der Waals surface area (Å²) in [6, 6.07) is 0. The molecule has 0 unspecified atom stereocenters. The van der Waals surface area contributed by atoms with Crippen LogP contribution in [-0.4, -0.2) is 18.1 Å². The number of oxazole rings is 1. The summed E-state index contributed by atoms with van der Waals surface area (Å²) in [4.78, 5) is 4.21. The lowest BCUT2D eigenvalue weighted by molar-refractivity contribution is 0.221. The van der Waals surface area contributed by atoms with E-state index in [4.69, 9.17) is 9.15 Å². The Labute approximate surface area is 97.4 Å². The van der Waals surface area contributed by atoms with E-state index in [-0.39, 0.29) is 0 Å². The molecule has 0 saturated carbocycles. The number of nitrogens with zero attached hydrogens (tertiary/aromatic N) is 1. The van der Waals surface area contributed by atoms with Crippen LogP contribution in [0.5, 0.6) is 6.08 Å². The van der Waals surface area contributed by atoms with E-state index in [2.05, 4.69) is 31.1 Å². The summed E-state index contributed by atoms with van der Waals surface area (Å²) in [6.07, 6.45) is 4.24. The van der Waals surface area contributed by atoms with E-state index in [1.807, 2.05) is 0 Å². The van der Waals surface area contributed by atoms with Gasteiger partial charge >= 0.3 is 6.08 Å². The molecule has 0 aromatic carbocycles. The lowest BCUT2D eigenvalue weighted by Crippen LogP contribution is -2.11. The van der Waals surface area contributed by atoms with E-state index < -0.39 is 0 Å². The average molecular weight is 226 g/mol. The summed E-state index contributed by atoms with van der Waals surface area (Å²) >= 11 is 0. The lowest BCUT2D eigenvalue weighted by Gasteiger charge is -2.03. The summed E-state index contributed by atoms with van der Waals surface area (Å²) in [7, 11) is 0. The SMILES string of the molecule is CCNCc1coc(OCCCC(C)C)n1. The van der Waals surface area contributed by atoms with Crippen LogP contribution in [0.1, 0.15) is 39.3 Å². The van der Waals surface area contributed by atoms with Crippen molar-refractivity contribution in [1.82, 2.24) is 10.3 Å². The topological polar surface area (TPSA) is 47.3 Å². The summed E-state index contributed by atoms with van der Waals surface area (Å²) < 4.78 is 10.6. The smallest absolute Gasteiger partial charge is 0.393 e. The van der Waals surface area contributed by atoms with Crippen LogP contribution in [0.3, 0.4) is 0 Å². The van der Waals surface area contributed by atoms with Crippen molar-refractivity contribution < 1.29 is 9.15 Å². The van der Waals surface area contributed by atoms with Crippen LogP contribution in [0.15, 0.2) is 10.7 Å². The van der Waals surface area contributed by atoms with Gasteiger partial charge in [-0.05, 0) is 25.3 Å². The molecule has 0 aliphatic rings. The highest BCUT2D eigenvalue weighted by Gasteiger charge is 2.04. The standard InChI is InChI=1S/C12H22N2O2/c1-4-13-8-11-9-16-12(14-11)15-7-5-6-10(2)3/h9-10,13H,4-8H2,1-3H3. The van der Waals surface area contributed by atoms with Gasteiger partial charge in [-0.15, -0.1) is 0 Å². The van der Waals surface area contributed by atoms with Crippen LogP contribution in [0.4, 0.5) is 0 Å². The highest BCUT2D eigenvalue weighted by atomic mass is 16.6. The molecule has 92 valence electrons. The molecular weight excluding hydrogens is 204 g/mol. The first-order valence-corrected chi connectivity index (χ1v) is 6.00. The van der Waals surface area contributed by atoms with Gasteiger partial charge in [-0.3, -0.25) is 0 Å². The Hall–Kier alpha value is -1.03. The van der Waals surface area contributed by atoms with Crippen molar-refractivity contribution in [1.29, 1.82) is 0 Å². The fraction of sp³-hybridized carbons (Fsp3) is 0.750. The fourth-order valence-electron chi connectivity index (χ4n) is 1.34. The molecule has 1 aromatic heterocycles. The van der Waals surface area contributed by atoms with Crippen molar-refractivity contribution in [2.45, 2.75) is 40.2 Å². The van der Waals surface area contributed by atoms with Gasteiger partial charge in [0, 0.05) is 6.54 Å². The number of nitrogens with one attached hydrogen (secondary N) is 1. The summed E-state index contributed by atoms with van der Waals surface area (Å²) in [5.41, 5.74) is 0.890. The maximum absolute atomic E-state index is 5.41. The molecule has 0 aliphatic heterocycles. The van der Waals surface area contributed by atoms with Gasteiger partial charge in [0.1, 0.15) is 6.26 Å². The van der Waals surface area contributed by atoms with Crippen LogP contribution in [-0.2, 0) is 6.54 Å². The summed E-state index contributed by atoms with van der Waals surface area (Å²) in [5, 5.41) is 3.18. The first kappa shape index (κ1) is 13.0. The van der Waals surface area contributed by atoms with E-state index in [1.54, 1.807) is 6.26 Å². The van der Waals surface area contributed by atoms with Crippen molar-refractivity contribution in [3.8, 4) is 6.08 Å². The van der Waals surface area contributed by atoms with Crippen LogP contribution < -0.4 is 10.1 Å². The zero-order valence-corrected chi connectivity index (χ0v) is 10.5. The maximum Gasteiger partial charge on any atom is 0.393 e. The number of ether oxygens (including phenoxy) is 1. The van der Waals surface area contributed by atoms with Crippen LogP contribution >= 0.6 is 0 Å². The predicted molar refractivity (Wildman–Crippen MR) is 63.5 cm³/mol. The third kappa shape index (κ3) is 5.16. The number of hydrogen-bond acceptors (Lipinski definition) is 4. The molecule has 0 saturated heterocycles. The molecule has 1 N–H and O–H groups in total. The normalized spacial score (nSPS) is 11.0. The van der Waals surface area contributed by atoms with Crippen molar-refractivity contribution in [3.05, 3.63) is 12.0 Å². The second kappa shape index (κ2) is 7.28. The van der Waals surface area contributed by atoms with Gasteiger partial charge in [-0.2, -0.15) is 4.98 Å². The average Bonchev–Trinajstić information content (AvgIpc) is 2.69. The van der Waals surface area contributed by atoms with Gasteiger partial charge in [-0.1, -0.05) is 20.8 Å². The Morgan fingerprint density at radius 3 is 3.00 bits per heavy atom. The Morgan fingerprint density at radius 2 is 2.31 bits per heavy atom. The lowest BCUT2D eigenvalue weighted by atomic mass is 10.1. The number of rotatable bonds is 8. The third-order valence-electron chi connectivity index (χ3n) is 2.24. The van der Waals surface area contributed by atoms with Crippen molar-refractivity contribution in [2.75, 3.05) is 13.2 Å². The molecule has 0 atom stereocenters. The van der Waals surface area contributed by atoms with Gasteiger partial charge in [0.25, 0.3) is 0 Å². The van der Waals surface area contributed by atoms with Crippen molar-refractivity contribution in [2.24, 2.45) is 5.92 Å². The fourth-order valence-corrected chi connectivity index (χ4v) is 1.34. The van der Waals surface area contributed by atoms with Crippen molar-refractivity contribution >= 4 is 0 Å². The minimum Gasteiger partial charge on any atom is -0.450 e. The highest BCUT2D eigenvalue weighted by molar-refractivity contribution is 4.99. The van der Waals surface area contributed by atoms with Crippen LogP contribution in [0.25, 0.3) is 0 Å². The quantitative estimate of drug-likeness (QED) is 0.692. The molecule has 0 fully saturated rings. The Kier molecular flexibility index (Phi) is 5.93. The predicted octanol–water partition coefficient (Wildman–Crippen LogP) is 2.60. The van der Waals surface area contributed by atoms with E-state index in [1.165, 1.54) is 6.42 Å².